The minimum Gasteiger partial charge on any atom is -0.378 e. The zero-order valence-electron chi connectivity index (χ0n) is 13.9. The number of hydrogen-bond donors (Lipinski definition) is 1. The first kappa shape index (κ1) is 20.5. The fraction of sp³-hybridized carbons (Fsp3) is 0.588. The van der Waals surface area contributed by atoms with Crippen LogP contribution in [0.2, 0.25) is 5.02 Å². The molecule has 1 saturated heterocycles. The monoisotopic (exact) mass is 451 g/mol. The number of rotatable bonds is 6. The molecule has 6 heteroatoms. The van der Waals surface area contributed by atoms with Crippen LogP contribution in [0.1, 0.15) is 31.7 Å². The number of hydrogen-bond acceptors (Lipinski definition) is 2. The van der Waals surface area contributed by atoms with Crippen LogP contribution in [0.3, 0.4) is 0 Å². The Balaban J connectivity index is 0.00000264. The lowest BCUT2D eigenvalue weighted by Gasteiger charge is -2.23. The van der Waals surface area contributed by atoms with Crippen molar-refractivity contribution in [1.82, 2.24) is 10.2 Å². The molecule has 1 aromatic carbocycles. The molecule has 2 rings (SSSR count). The Labute approximate surface area is 161 Å². The summed E-state index contributed by atoms with van der Waals surface area (Å²) in [5.74, 6) is 0.917. The van der Waals surface area contributed by atoms with Crippen LogP contribution in [0.5, 0.6) is 0 Å². The normalized spacial score (nSPS) is 17.7. The van der Waals surface area contributed by atoms with E-state index in [1.807, 2.05) is 25.2 Å². The summed E-state index contributed by atoms with van der Waals surface area (Å²) in [6, 6.07) is 7.93. The van der Waals surface area contributed by atoms with Crippen molar-refractivity contribution in [3.8, 4) is 0 Å². The first-order valence-electron chi connectivity index (χ1n) is 8.05. The Kier molecular flexibility index (Phi) is 9.90. The number of aliphatic imine (C=N–C) groups is 1. The van der Waals surface area contributed by atoms with E-state index in [-0.39, 0.29) is 24.0 Å². The molecule has 4 nitrogen and oxygen atoms in total. The molecule has 1 unspecified atom stereocenters. The third-order valence-electron chi connectivity index (χ3n) is 3.80. The van der Waals surface area contributed by atoms with Crippen molar-refractivity contribution < 1.29 is 4.74 Å². The van der Waals surface area contributed by atoms with Gasteiger partial charge in [-0.1, -0.05) is 29.8 Å². The van der Waals surface area contributed by atoms with E-state index in [1.165, 1.54) is 12.8 Å². The second kappa shape index (κ2) is 11.1. The molecule has 0 saturated carbocycles. The minimum absolute atomic E-state index is 0. The van der Waals surface area contributed by atoms with Gasteiger partial charge in [-0.15, -0.1) is 24.0 Å². The highest BCUT2D eigenvalue weighted by Gasteiger charge is 2.15. The Bertz CT molecular complexity index is 492. The first-order valence-corrected chi connectivity index (χ1v) is 8.43. The van der Waals surface area contributed by atoms with Crippen LogP contribution in [0.4, 0.5) is 0 Å². The number of benzene rings is 1. The van der Waals surface area contributed by atoms with Gasteiger partial charge in [0.1, 0.15) is 0 Å². The maximum atomic E-state index is 6.24. The van der Waals surface area contributed by atoms with Crippen LogP contribution >= 0.6 is 35.6 Å². The highest BCUT2D eigenvalue weighted by molar-refractivity contribution is 14.0. The van der Waals surface area contributed by atoms with Gasteiger partial charge >= 0.3 is 0 Å². The lowest BCUT2D eigenvalue weighted by atomic mass is 10.2. The molecular weight excluding hydrogens is 425 g/mol. The number of halogens is 2. The molecule has 0 aromatic heterocycles. The molecule has 1 aromatic rings. The summed E-state index contributed by atoms with van der Waals surface area (Å²) in [6.07, 6.45) is 3.73. The molecule has 1 fully saturated rings. The second-order valence-corrected chi connectivity index (χ2v) is 6.01. The fourth-order valence-corrected chi connectivity index (χ4v) is 2.81. The molecule has 1 atom stereocenters. The van der Waals surface area contributed by atoms with Gasteiger partial charge in [-0.25, -0.2) is 0 Å². The van der Waals surface area contributed by atoms with E-state index < -0.39 is 0 Å². The van der Waals surface area contributed by atoms with E-state index in [0.717, 1.165) is 49.2 Å². The van der Waals surface area contributed by atoms with Crippen LogP contribution < -0.4 is 5.32 Å². The predicted molar refractivity (Wildman–Crippen MR) is 108 cm³/mol. The summed E-state index contributed by atoms with van der Waals surface area (Å²) in [4.78, 5) is 6.82. The average Bonchev–Trinajstić information content (AvgIpc) is 3.02. The van der Waals surface area contributed by atoms with Gasteiger partial charge in [0.2, 0.25) is 0 Å². The molecule has 0 spiro atoms. The predicted octanol–water partition coefficient (Wildman–Crippen LogP) is 3.92. The molecule has 1 N–H and O–H groups in total. The summed E-state index contributed by atoms with van der Waals surface area (Å²) < 4.78 is 5.65. The van der Waals surface area contributed by atoms with Crippen molar-refractivity contribution in [3.63, 3.8) is 0 Å². The maximum Gasteiger partial charge on any atom is 0.193 e. The van der Waals surface area contributed by atoms with Crippen LogP contribution in [0, 0.1) is 0 Å². The Hall–Kier alpha value is -0.530. The van der Waals surface area contributed by atoms with Gasteiger partial charge in [-0.2, -0.15) is 0 Å². The van der Waals surface area contributed by atoms with Gasteiger partial charge in [0.15, 0.2) is 5.96 Å². The first-order chi connectivity index (χ1) is 10.7. The highest BCUT2D eigenvalue weighted by atomic mass is 127. The molecule has 1 aliphatic rings. The summed E-state index contributed by atoms with van der Waals surface area (Å²) in [5.41, 5.74) is 1.11. The zero-order valence-corrected chi connectivity index (χ0v) is 17.0. The van der Waals surface area contributed by atoms with Gasteiger partial charge in [-0.3, -0.25) is 4.99 Å². The lowest BCUT2D eigenvalue weighted by Crippen LogP contribution is -2.38. The molecule has 0 radical (unpaired) electrons. The van der Waals surface area contributed by atoms with E-state index in [1.54, 1.807) is 0 Å². The minimum atomic E-state index is 0. The van der Waals surface area contributed by atoms with Crippen LogP contribution in [-0.2, 0) is 11.3 Å². The van der Waals surface area contributed by atoms with Gasteiger partial charge in [0.25, 0.3) is 0 Å². The van der Waals surface area contributed by atoms with Crippen molar-refractivity contribution in [3.05, 3.63) is 34.9 Å². The summed E-state index contributed by atoms with van der Waals surface area (Å²) >= 11 is 6.24. The van der Waals surface area contributed by atoms with Crippen LogP contribution in [0.25, 0.3) is 0 Å². The lowest BCUT2D eigenvalue weighted by molar-refractivity contribution is 0.106. The SMILES string of the molecule is CCNC(=NCCC1CCCO1)N(C)Cc1ccccc1Cl.I. The third-order valence-corrected chi connectivity index (χ3v) is 4.17. The standard InChI is InChI=1S/C17H26ClN3O.HI/c1-3-19-17(20-11-10-15-8-6-12-22-15)21(2)13-14-7-4-5-9-16(14)18;/h4-5,7,9,15H,3,6,8,10-13H2,1-2H3,(H,19,20);1H. The largest absolute Gasteiger partial charge is 0.378 e. The summed E-state index contributed by atoms with van der Waals surface area (Å²) in [6.45, 7) is 5.37. The zero-order chi connectivity index (χ0) is 15.8. The second-order valence-electron chi connectivity index (χ2n) is 5.61. The van der Waals surface area contributed by atoms with Crippen molar-refractivity contribution in [1.29, 1.82) is 0 Å². The Morgan fingerprint density at radius 3 is 2.87 bits per heavy atom. The smallest absolute Gasteiger partial charge is 0.193 e. The highest BCUT2D eigenvalue weighted by Crippen LogP contribution is 2.17. The van der Waals surface area contributed by atoms with E-state index in [9.17, 15) is 0 Å². The van der Waals surface area contributed by atoms with Crippen molar-refractivity contribution >= 4 is 41.5 Å². The van der Waals surface area contributed by atoms with E-state index in [0.29, 0.717) is 6.10 Å². The number of nitrogens with zero attached hydrogens (tertiary/aromatic N) is 2. The molecule has 0 aliphatic carbocycles. The van der Waals surface area contributed by atoms with Gasteiger partial charge in [0.05, 0.1) is 6.10 Å². The molecular formula is C17H27ClIN3O. The van der Waals surface area contributed by atoms with Crippen LogP contribution in [0.15, 0.2) is 29.3 Å². The average molecular weight is 452 g/mol. The van der Waals surface area contributed by atoms with E-state index >= 15 is 0 Å². The van der Waals surface area contributed by atoms with Crippen molar-refractivity contribution in [2.45, 2.75) is 38.8 Å². The molecule has 130 valence electrons. The van der Waals surface area contributed by atoms with Gasteiger partial charge in [-0.05, 0) is 37.8 Å². The topological polar surface area (TPSA) is 36.9 Å². The maximum absolute atomic E-state index is 6.24. The summed E-state index contributed by atoms with van der Waals surface area (Å²) in [7, 11) is 2.04. The molecule has 0 amide bonds. The van der Waals surface area contributed by atoms with Crippen molar-refractivity contribution in [2.24, 2.45) is 4.99 Å². The third kappa shape index (κ3) is 6.85. The molecule has 0 bridgehead atoms. The Morgan fingerprint density at radius 1 is 1.43 bits per heavy atom. The Morgan fingerprint density at radius 2 is 2.22 bits per heavy atom. The van der Waals surface area contributed by atoms with E-state index in [4.69, 9.17) is 21.3 Å². The fourth-order valence-electron chi connectivity index (χ4n) is 2.61. The van der Waals surface area contributed by atoms with Crippen molar-refractivity contribution in [2.75, 3.05) is 26.7 Å². The molecule has 1 heterocycles. The van der Waals surface area contributed by atoms with Gasteiger partial charge in [0, 0.05) is 38.3 Å². The number of guanidine groups is 1. The van der Waals surface area contributed by atoms with Crippen LogP contribution in [-0.4, -0.2) is 43.7 Å². The van der Waals surface area contributed by atoms with Gasteiger partial charge < -0.3 is 15.0 Å². The number of nitrogens with one attached hydrogen (secondary N) is 1. The number of ether oxygens (including phenoxy) is 1. The molecule has 1 aliphatic heterocycles. The quantitative estimate of drug-likeness (QED) is 0.405. The van der Waals surface area contributed by atoms with E-state index in [2.05, 4.69) is 23.2 Å². The molecule has 23 heavy (non-hydrogen) atoms. The summed E-state index contributed by atoms with van der Waals surface area (Å²) in [5, 5.41) is 4.14.